The Morgan fingerprint density at radius 1 is 0.974 bits per heavy atom. The lowest BCUT2D eigenvalue weighted by molar-refractivity contribution is -0.384. The summed E-state index contributed by atoms with van der Waals surface area (Å²) in [6.07, 6.45) is 1.47. The van der Waals surface area contributed by atoms with Crippen LogP contribution in [-0.2, 0) is 0 Å². The molecule has 4 aromatic rings. The summed E-state index contributed by atoms with van der Waals surface area (Å²) in [5, 5.41) is 21.9. The van der Waals surface area contributed by atoms with Gasteiger partial charge in [0, 0.05) is 36.5 Å². The van der Waals surface area contributed by atoms with E-state index in [-0.39, 0.29) is 17.1 Å². The molecule has 9 heteroatoms. The van der Waals surface area contributed by atoms with Gasteiger partial charge in [-0.25, -0.2) is 4.99 Å². The second-order valence-corrected chi connectivity index (χ2v) is 8.49. The van der Waals surface area contributed by atoms with Crippen molar-refractivity contribution in [2.45, 2.75) is 13.8 Å². The Kier molecular flexibility index (Phi) is 8.27. The summed E-state index contributed by atoms with van der Waals surface area (Å²) in [5.74, 6) is 1.93. The molecule has 0 spiro atoms. The molecule has 4 rings (SSSR count). The zero-order valence-electron chi connectivity index (χ0n) is 22.2. The second-order valence-electron chi connectivity index (χ2n) is 8.49. The van der Waals surface area contributed by atoms with Crippen LogP contribution in [0.1, 0.15) is 25.0 Å². The average Bonchev–Trinajstić information content (AvgIpc) is 3.35. The van der Waals surface area contributed by atoms with E-state index in [0.29, 0.717) is 47.2 Å². The van der Waals surface area contributed by atoms with Gasteiger partial charge in [-0.15, -0.1) is 0 Å². The third-order valence-corrected chi connectivity index (χ3v) is 6.36. The van der Waals surface area contributed by atoms with E-state index in [2.05, 4.69) is 11.1 Å². The molecule has 198 valence electrons. The third kappa shape index (κ3) is 5.60. The maximum absolute atomic E-state index is 11.8. The molecule has 0 saturated heterocycles. The highest BCUT2D eigenvalue weighted by molar-refractivity contribution is 5.90. The van der Waals surface area contributed by atoms with Crippen LogP contribution in [0.2, 0.25) is 0 Å². The molecule has 39 heavy (non-hydrogen) atoms. The minimum atomic E-state index is -0.401. The fraction of sp³-hybridized carbons (Fsp3) is 0.200. The van der Waals surface area contributed by atoms with E-state index in [1.807, 2.05) is 43.0 Å². The van der Waals surface area contributed by atoms with Crippen molar-refractivity contribution in [3.8, 4) is 40.0 Å². The van der Waals surface area contributed by atoms with Crippen LogP contribution in [0.3, 0.4) is 0 Å². The first-order valence-corrected chi connectivity index (χ1v) is 12.4. The van der Waals surface area contributed by atoms with Gasteiger partial charge >= 0.3 is 0 Å². The number of nitro benzene ring substituents is 1. The molecule has 0 bridgehead atoms. The first-order valence-electron chi connectivity index (χ1n) is 12.4. The van der Waals surface area contributed by atoms with Crippen LogP contribution < -0.4 is 14.4 Å². The van der Waals surface area contributed by atoms with Crippen molar-refractivity contribution in [3.63, 3.8) is 0 Å². The summed E-state index contributed by atoms with van der Waals surface area (Å²) in [5.41, 5.74) is 3.36. The standard InChI is InChI=1S/C30H28N4O5/c1-5-33(6-2)26-16-7-20(17-27(26)34(35)36)19-32-30-25(18-31)28(21-8-12-23(37-3)13-9-21)29(39-30)22-10-14-24(38-4)15-11-22/h7-17,19H,5-6H2,1-4H3. The van der Waals surface area contributed by atoms with Crippen molar-refractivity contribution in [2.24, 2.45) is 4.99 Å². The minimum absolute atomic E-state index is 0.0135. The number of methoxy groups -OCH3 is 2. The Morgan fingerprint density at radius 2 is 1.56 bits per heavy atom. The molecule has 0 aliphatic heterocycles. The van der Waals surface area contributed by atoms with Crippen LogP contribution in [0.15, 0.2) is 76.1 Å². The largest absolute Gasteiger partial charge is 0.497 e. The van der Waals surface area contributed by atoms with Crippen molar-refractivity contribution in [1.82, 2.24) is 0 Å². The van der Waals surface area contributed by atoms with E-state index < -0.39 is 4.92 Å². The molecular formula is C30H28N4O5. The Hall–Kier alpha value is -5.10. The highest BCUT2D eigenvalue weighted by atomic mass is 16.6. The molecule has 0 unspecified atom stereocenters. The van der Waals surface area contributed by atoms with Crippen LogP contribution in [0.25, 0.3) is 22.5 Å². The number of aliphatic imine (C=N–C) groups is 1. The van der Waals surface area contributed by atoms with Gasteiger partial charge in [0.05, 0.1) is 19.1 Å². The molecule has 0 saturated carbocycles. The number of rotatable bonds is 10. The summed E-state index contributed by atoms with van der Waals surface area (Å²) in [6, 6.07) is 21.8. The lowest BCUT2D eigenvalue weighted by Gasteiger charge is -2.20. The number of nitriles is 1. The number of nitrogens with zero attached hydrogens (tertiary/aromatic N) is 4. The van der Waals surface area contributed by atoms with E-state index in [1.54, 1.807) is 50.6 Å². The highest BCUT2D eigenvalue weighted by Gasteiger charge is 2.23. The fourth-order valence-electron chi connectivity index (χ4n) is 4.32. The molecule has 9 nitrogen and oxygen atoms in total. The Bertz CT molecular complexity index is 1530. The molecule has 3 aromatic carbocycles. The van der Waals surface area contributed by atoms with Crippen LogP contribution in [0.4, 0.5) is 17.3 Å². The number of anilines is 1. The number of nitro groups is 1. The third-order valence-electron chi connectivity index (χ3n) is 6.36. The van der Waals surface area contributed by atoms with E-state index >= 15 is 0 Å². The van der Waals surface area contributed by atoms with Crippen LogP contribution >= 0.6 is 0 Å². The monoisotopic (exact) mass is 524 g/mol. The molecule has 0 amide bonds. The number of benzene rings is 3. The van der Waals surface area contributed by atoms with Gasteiger partial charge in [0.1, 0.15) is 34.6 Å². The topological polar surface area (TPSA) is 114 Å². The molecule has 0 aliphatic rings. The lowest BCUT2D eigenvalue weighted by Crippen LogP contribution is -2.22. The van der Waals surface area contributed by atoms with Crippen LogP contribution in [0.5, 0.6) is 11.5 Å². The number of ether oxygens (including phenoxy) is 2. The van der Waals surface area contributed by atoms with Crippen LogP contribution in [0, 0.1) is 21.4 Å². The molecule has 1 aromatic heterocycles. The number of hydrogen-bond acceptors (Lipinski definition) is 8. The van der Waals surface area contributed by atoms with Crippen molar-refractivity contribution < 1.29 is 18.8 Å². The molecule has 0 N–H and O–H groups in total. The van der Waals surface area contributed by atoms with Crippen molar-refractivity contribution >= 4 is 23.5 Å². The predicted molar refractivity (Wildman–Crippen MR) is 151 cm³/mol. The van der Waals surface area contributed by atoms with E-state index in [9.17, 15) is 15.4 Å². The fourth-order valence-corrected chi connectivity index (χ4v) is 4.32. The van der Waals surface area contributed by atoms with Gasteiger partial charge < -0.3 is 18.8 Å². The summed E-state index contributed by atoms with van der Waals surface area (Å²) in [6.45, 7) is 5.18. The molecule has 1 heterocycles. The predicted octanol–water partition coefficient (Wildman–Crippen LogP) is 7.01. The molecule has 0 atom stereocenters. The van der Waals surface area contributed by atoms with Gasteiger partial charge in [-0.2, -0.15) is 5.26 Å². The molecular weight excluding hydrogens is 496 g/mol. The Morgan fingerprint density at radius 3 is 2.08 bits per heavy atom. The number of hydrogen-bond donors (Lipinski definition) is 0. The van der Waals surface area contributed by atoms with Crippen molar-refractivity contribution in [3.05, 3.63) is 88.0 Å². The maximum Gasteiger partial charge on any atom is 0.293 e. The first-order chi connectivity index (χ1) is 18.9. The van der Waals surface area contributed by atoms with E-state index in [4.69, 9.17) is 13.9 Å². The normalized spacial score (nSPS) is 10.8. The van der Waals surface area contributed by atoms with Gasteiger partial charge in [0.2, 0.25) is 5.88 Å². The molecule has 0 radical (unpaired) electrons. The summed E-state index contributed by atoms with van der Waals surface area (Å²) < 4.78 is 16.7. The zero-order chi connectivity index (χ0) is 27.9. The van der Waals surface area contributed by atoms with Gasteiger partial charge in [0.15, 0.2) is 0 Å². The zero-order valence-corrected chi connectivity index (χ0v) is 22.2. The van der Waals surface area contributed by atoms with Gasteiger partial charge in [-0.05, 0) is 67.4 Å². The Labute approximate surface area is 226 Å². The first kappa shape index (κ1) is 26.9. The Balaban J connectivity index is 1.83. The SMILES string of the molecule is CCN(CC)c1ccc(C=Nc2oc(-c3ccc(OC)cc3)c(-c3ccc(OC)cc3)c2C#N)cc1[N+](=O)[O-]. The van der Waals surface area contributed by atoms with Gasteiger partial charge in [-0.1, -0.05) is 18.2 Å². The van der Waals surface area contributed by atoms with E-state index in [1.165, 1.54) is 12.3 Å². The van der Waals surface area contributed by atoms with Crippen molar-refractivity contribution in [2.75, 3.05) is 32.2 Å². The van der Waals surface area contributed by atoms with Gasteiger partial charge in [-0.3, -0.25) is 10.1 Å². The lowest BCUT2D eigenvalue weighted by atomic mass is 9.98. The maximum atomic E-state index is 11.8. The summed E-state index contributed by atoms with van der Waals surface area (Å²) in [4.78, 5) is 17.8. The second kappa shape index (κ2) is 12.0. The smallest absolute Gasteiger partial charge is 0.293 e. The minimum Gasteiger partial charge on any atom is -0.497 e. The van der Waals surface area contributed by atoms with Crippen molar-refractivity contribution in [1.29, 1.82) is 5.26 Å². The number of furan rings is 1. The summed E-state index contributed by atoms with van der Waals surface area (Å²) in [7, 11) is 3.17. The average molecular weight is 525 g/mol. The summed E-state index contributed by atoms with van der Waals surface area (Å²) >= 11 is 0. The molecule has 0 fully saturated rings. The van der Waals surface area contributed by atoms with Crippen LogP contribution in [-0.4, -0.2) is 38.4 Å². The molecule has 0 aliphatic carbocycles. The highest BCUT2D eigenvalue weighted by Crippen LogP contribution is 2.43. The van der Waals surface area contributed by atoms with E-state index in [0.717, 1.165) is 11.1 Å². The quantitative estimate of drug-likeness (QED) is 0.125. The van der Waals surface area contributed by atoms with Gasteiger partial charge in [0.25, 0.3) is 5.69 Å².